The number of anilines is 1. The third-order valence-corrected chi connectivity index (χ3v) is 3.92. The zero-order chi connectivity index (χ0) is 13.4. The highest BCUT2D eigenvalue weighted by Crippen LogP contribution is 2.33. The molecule has 1 amide bonds. The molecule has 2 aromatic rings. The van der Waals surface area contributed by atoms with Crippen LogP contribution in [-0.2, 0) is 11.2 Å². The lowest BCUT2D eigenvalue weighted by Crippen LogP contribution is -2.03. The van der Waals surface area contributed by atoms with Crippen LogP contribution in [-0.4, -0.2) is 5.91 Å². The third kappa shape index (κ3) is 2.36. The molecule has 19 heavy (non-hydrogen) atoms. The van der Waals surface area contributed by atoms with Gasteiger partial charge in [-0.05, 0) is 29.7 Å². The number of amides is 1. The number of rotatable bonds is 2. The van der Waals surface area contributed by atoms with Gasteiger partial charge in [0.15, 0.2) is 0 Å². The SMILES string of the molecule is Cc1ccc(C(Cl)c2ccc3c(c2)CC(=O)N3)cc1. The van der Waals surface area contributed by atoms with Gasteiger partial charge in [0.1, 0.15) is 0 Å². The van der Waals surface area contributed by atoms with Gasteiger partial charge in [0.05, 0.1) is 11.8 Å². The molecule has 1 aliphatic rings. The van der Waals surface area contributed by atoms with Gasteiger partial charge in [0.2, 0.25) is 5.91 Å². The Morgan fingerprint density at radius 1 is 1.11 bits per heavy atom. The first-order valence-corrected chi connectivity index (χ1v) is 6.70. The van der Waals surface area contributed by atoms with Crippen molar-refractivity contribution in [3.63, 3.8) is 0 Å². The molecule has 0 bridgehead atoms. The molecule has 2 aromatic carbocycles. The summed E-state index contributed by atoms with van der Waals surface area (Å²) in [6.45, 7) is 2.06. The Balaban J connectivity index is 1.92. The highest BCUT2D eigenvalue weighted by atomic mass is 35.5. The minimum absolute atomic E-state index is 0.0496. The fourth-order valence-corrected chi connectivity index (χ4v) is 2.62. The van der Waals surface area contributed by atoms with Gasteiger partial charge >= 0.3 is 0 Å². The number of carbonyl (C=O) groups is 1. The van der Waals surface area contributed by atoms with Gasteiger partial charge in [-0.25, -0.2) is 0 Å². The van der Waals surface area contributed by atoms with Gasteiger partial charge in [0, 0.05) is 5.69 Å². The predicted octanol–water partition coefficient (Wildman–Crippen LogP) is 3.82. The topological polar surface area (TPSA) is 29.1 Å². The smallest absolute Gasteiger partial charge is 0.228 e. The van der Waals surface area contributed by atoms with Crippen molar-refractivity contribution in [1.29, 1.82) is 0 Å². The van der Waals surface area contributed by atoms with Crippen molar-refractivity contribution >= 4 is 23.2 Å². The minimum Gasteiger partial charge on any atom is -0.326 e. The zero-order valence-corrected chi connectivity index (χ0v) is 11.4. The number of aryl methyl sites for hydroxylation is 1. The second kappa shape index (κ2) is 4.71. The van der Waals surface area contributed by atoms with E-state index in [4.69, 9.17) is 11.6 Å². The van der Waals surface area contributed by atoms with E-state index in [2.05, 4.69) is 24.4 Å². The van der Waals surface area contributed by atoms with E-state index in [9.17, 15) is 4.79 Å². The molecule has 0 saturated heterocycles. The summed E-state index contributed by atoms with van der Waals surface area (Å²) in [4.78, 5) is 11.3. The van der Waals surface area contributed by atoms with Gasteiger partial charge in [-0.2, -0.15) is 0 Å². The molecule has 3 heteroatoms. The monoisotopic (exact) mass is 271 g/mol. The quantitative estimate of drug-likeness (QED) is 0.827. The Labute approximate surface area is 117 Å². The summed E-state index contributed by atoms with van der Waals surface area (Å²) in [6.07, 6.45) is 0.445. The van der Waals surface area contributed by atoms with Crippen molar-refractivity contribution in [2.45, 2.75) is 18.7 Å². The molecular formula is C16H14ClNO. The highest BCUT2D eigenvalue weighted by molar-refractivity contribution is 6.22. The van der Waals surface area contributed by atoms with Gasteiger partial charge in [0.25, 0.3) is 0 Å². The van der Waals surface area contributed by atoms with Crippen molar-refractivity contribution in [2.75, 3.05) is 5.32 Å². The number of hydrogen-bond acceptors (Lipinski definition) is 1. The maximum Gasteiger partial charge on any atom is 0.228 e. The van der Waals surface area contributed by atoms with Crippen LogP contribution in [0.4, 0.5) is 5.69 Å². The first-order valence-electron chi connectivity index (χ1n) is 6.27. The molecule has 0 aromatic heterocycles. The number of carbonyl (C=O) groups excluding carboxylic acids is 1. The summed E-state index contributed by atoms with van der Waals surface area (Å²) in [5.74, 6) is 0.0496. The van der Waals surface area contributed by atoms with Crippen LogP contribution in [0.3, 0.4) is 0 Å². The van der Waals surface area contributed by atoms with E-state index >= 15 is 0 Å². The maximum atomic E-state index is 11.3. The predicted molar refractivity (Wildman–Crippen MR) is 77.7 cm³/mol. The highest BCUT2D eigenvalue weighted by Gasteiger charge is 2.19. The van der Waals surface area contributed by atoms with Gasteiger partial charge in [-0.3, -0.25) is 4.79 Å². The molecular weight excluding hydrogens is 258 g/mol. The number of fused-ring (bicyclic) bond motifs is 1. The maximum absolute atomic E-state index is 11.3. The number of nitrogens with one attached hydrogen (secondary N) is 1. The Bertz CT molecular complexity index is 634. The fourth-order valence-electron chi connectivity index (χ4n) is 2.33. The first kappa shape index (κ1) is 12.2. The Kier molecular flexibility index (Phi) is 3.03. The third-order valence-electron chi connectivity index (χ3n) is 3.42. The van der Waals surface area contributed by atoms with Crippen LogP contribution in [0.15, 0.2) is 42.5 Å². The Hall–Kier alpha value is -1.80. The lowest BCUT2D eigenvalue weighted by molar-refractivity contribution is -0.115. The zero-order valence-electron chi connectivity index (χ0n) is 10.6. The minimum atomic E-state index is -0.179. The van der Waals surface area contributed by atoms with Gasteiger partial charge in [-0.1, -0.05) is 42.0 Å². The van der Waals surface area contributed by atoms with Crippen molar-refractivity contribution in [3.05, 3.63) is 64.7 Å². The van der Waals surface area contributed by atoms with Crippen LogP contribution in [0.25, 0.3) is 0 Å². The van der Waals surface area contributed by atoms with E-state index in [-0.39, 0.29) is 11.3 Å². The van der Waals surface area contributed by atoms with Crippen LogP contribution in [0.2, 0.25) is 0 Å². The number of benzene rings is 2. The molecule has 1 N–H and O–H groups in total. The fraction of sp³-hybridized carbons (Fsp3) is 0.188. The normalized spacial score (nSPS) is 14.9. The van der Waals surface area contributed by atoms with E-state index in [1.54, 1.807) is 0 Å². The van der Waals surface area contributed by atoms with E-state index < -0.39 is 0 Å². The number of halogens is 1. The molecule has 0 fully saturated rings. The summed E-state index contributed by atoms with van der Waals surface area (Å²) in [5, 5.41) is 2.65. The lowest BCUT2D eigenvalue weighted by atomic mass is 10.0. The number of alkyl halides is 1. The molecule has 3 rings (SSSR count). The van der Waals surface area contributed by atoms with Crippen molar-refractivity contribution < 1.29 is 4.79 Å². The number of hydrogen-bond donors (Lipinski definition) is 1. The van der Waals surface area contributed by atoms with Crippen molar-refractivity contribution in [3.8, 4) is 0 Å². The van der Waals surface area contributed by atoms with Crippen molar-refractivity contribution in [2.24, 2.45) is 0 Å². The first-order chi connectivity index (χ1) is 9.13. The van der Waals surface area contributed by atoms with Gasteiger partial charge in [-0.15, -0.1) is 11.6 Å². The second-order valence-corrected chi connectivity index (χ2v) is 5.35. The van der Waals surface area contributed by atoms with E-state index in [1.807, 2.05) is 30.3 Å². The molecule has 0 aliphatic carbocycles. The summed E-state index contributed by atoms with van der Waals surface area (Å²) in [6, 6.07) is 14.1. The molecule has 1 atom stereocenters. The lowest BCUT2D eigenvalue weighted by Gasteiger charge is -2.12. The standard InChI is InChI=1S/C16H14ClNO/c1-10-2-4-11(5-3-10)16(17)12-6-7-14-13(8-12)9-15(19)18-14/h2-8,16H,9H2,1H3,(H,18,19). The summed E-state index contributed by atoms with van der Waals surface area (Å²) in [5.41, 5.74) is 5.25. The molecule has 2 nitrogen and oxygen atoms in total. The van der Waals surface area contributed by atoms with E-state index in [0.717, 1.165) is 22.4 Å². The molecule has 0 spiro atoms. The van der Waals surface area contributed by atoms with Crippen LogP contribution in [0, 0.1) is 6.92 Å². The van der Waals surface area contributed by atoms with Gasteiger partial charge < -0.3 is 5.32 Å². The molecule has 1 heterocycles. The molecule has 0 radical (unpaired) electrons. The summed E-state index contributed by atoms with van der Waals surface area (Å²) >= 11 is 6.52. The van der Waals surface area contributed by atoms with Crippen LogP contribution in [0.1, 0.15) is 27.6 Å². The largest absolute Gasteiger partial charge is 0.326 e. The summed E-state index contributed by atoms with van der Waals surface area (Å²) < 4.78 is 0. The van der Waals surface area contributed by atoms with Crippen molar-refractivity contribution in [1.82, 2.24) is 0 Å². The molecule has 1 aliphatic heterocycles. The molecule has 1 unspecified atom stereocenters. The Morgan fingerprint density at radius 3 is 2.53 bits per heavy atom. The molecule has 0 saturated carbocycles. The average molecular weight is 272 g/mol. The second-order valence-electron chi connectivity index (χ2n) is 4.91. The summed E-state index contributed by atoms with van der Waals surface area (Å²) in [7, 11) is 0. The average Bonchev–Trinajstić information content (AvgIpc) is 2.77. The van der Waals surface area contributed by atoms with Crippen LogP contribution in [0.5, 0.6) is 0 Å². The van der Waals surface area contributed by atoms with Crippen LogP contribution < -0.4 is 5.32 Å². The van der Waals surface area contributed by atoms with E-state index in [0.29, 0.717) is 6.42 Å². The Morgan fingerprint density at radius 2 is 1.79 bits per heavy atom. The van der Waals surface area contributed by atoms with E-state index in [1.165, 1.54) is 5.56 Å². The molecule has 96 valence electrons. The van der Waals surface area contributed by atoms with Crippen LogP contribution >= 0.6 is 11.6 Å².